The molecule has 0 bridgehead atoms. The van der Waals surface area contributed by atoms with Crippen molar-refractivity contribution < 1.29 is 19.4 Å². The molecular weight excluding hydrogens is 510 g/mol. The number of aliphatic hydroxyl groups excluding tert-OH is 1. The Morgan fingerprint density at radius 2 is 1.90 bits per heavy atom. The average Bonchev–Trinajstić information content (AvgIpc) is 3.64. The van der Waals surface area contributed by atoms with Crippen molar-refractivity contribution in [3.8, 4) is 0 Å². The second kappa shape index (κ2) is 11.9. The Kier molecular flexibility index (Phi) is 8.21. The number of thioether (sulfide) groups is 1. The Morgan fingerprint density at radius 1 is 1.13 bits per heavy atom. The van der Waals surface area contributed by atoms with Crippen molar-refractivity contribution in [2.45, 2.75) is 58.5 Å². The van der Waals surface area contributed by atoms with Gasteiger partial charge in [-0.05, 0) is 50.0 Å². The number of carbonyl (C=O) groups excluding carboxylic acids is 2. The molecule has 202 valence electrons. The summed E-state index contributed by atoms with van der Waals surface area (Å²) < 4.78 is 7.24. The number of nitrogens with zero attached hydrogens (tertiary/aromatic N) is 2. The molecule has 8 heteroatoms. The van der Waals surface area contributed by atoms with Crippen LogP contribution in [0, 0.1) is 0 Å². The summed E-state index contributed by atoms with van der Waals surface area (Å²) in [6, 6.07) is 15.7. The minimum Gasteiger partial charge on any atom is -0.506 e. The largest absolute Gasteiger partial charge is 0.506 e. The second-order valence-corrected chi connectivity index (χ2v) is 10.8. The Labute approximate surface area is 232 Å². The lowest BCUT2D eigenvalue weighted by Gasteiger charge is -2.13. The summed E-state index contributed by atoms with van der Waals surface area (Å²) in [6.45, 7) is 4.23. The van der Waals surface area contributed by atoms with E-state index in [0.29, 0.717) is 15.6 Å². The van der Waals surface area contributed by atoms with E-state index in [-0.39, 0.29) is 36.4 Å². The van der Waals surface area contributed by atoms with Crippen molar-refractivity contribution >= 4 is 51.3 Å². The number of benzene rings is 2. The molecule has 3 aromatic rings. The number of rotatable bonds is 8. The lowest BCUT2D eigenvalue weighted by Crippen LogP contribution is -2.35. The van der Waals surface area contributed by atoms with E-state index in [4.69, 9.17) is 4.74 Å². The molecule has 1 fully saturated rings. The van der Waals surface area contributed by atoms with Gasteiger partial charge in [-0.2, -0.15) is 0 Å². The van der Waals surface area contributed by atoms with Crippen LogP contribution in [0.1, 0.15) is 50.7 Å². The molecule has 1 aliphatic heterocycles. The van der Waals surface area contributed by atoms with E-state index in [9.17, 15) is 14.7 Å². The molecule has 2 heterocycles. The fraction of sp³-hybridized carbons (Fsp3) is 0.323. The Morgan fingerprint density at radius 3 is 2.62 bits per heavy atom. The summed E-state index contributed by atoms with van der Waals surface area (Å²) in [7, 11) is 0. The third-order valence-corrected chi connectivity index (χ3v) is 8.09. The molecule has 1 saturated carbocycles. The van der Waals surface area contributed by atoms with Crippen LogP contribution in [0.4, 0.5) is 5.69 Å². The number of ether oxygens (including phenoxy) is 1. The molecule has 2 aromatic carbocycles. The first kappa shape index (κ1) is 26.8. The van der Waals surface area contributed by atoms with Gasteiger partial charge in [-0.15, -0.1) is 0 Å². The molecule has 1 aromatic heterocycles. The highest BCUT2D eigenvalue weighted by molar-refractivity contribution is 8.18. The second-order valence-electron chi connectivity index (χ2n) is 9.74. The lowest BCUT2D eigenvalue weighted by atomic mass is 10.1. The van der Waals surface area contributed by atoms with Crippen molar-refractivity contribution in [1.29, 1.82) is 0 Å². The number of hydrogen-bond acceptors (Lipinski definition) is 6. The van der Waals surface area contributed by atoms with Gasteiger partial charge in [0.25, 0.3) is 0 Å². The maximum absolute atomic E-state index is 12.9. The van der Waals surface area contributed by atoms with E-state index in [2.05, 4.69) is 23.3 Å². The number of esters is 1. The van der Waals surface area contributed by atoms with Crippen LogP contribution in [0.15, 0.2) is 76.0 Å². The van der Waals surface area contributed by atoms with Gasteiger partial charge in [0.1, 0.15) is 22.9 Å². The normalized spacial score (nSPS) is 18.0. The van der Waals surface area contributed by atoms with Crippen LogP contribution in [-0.4, -0.2) is 39.2 Å². The molecule has 39 heavy (non-hydrogen) atoms. The Balaban J connectivity index is 1.54. The number of hydrogen-bond donors (Lipinski definition) is 2. The number of aryl methyl sites for hydroxylation is 1. The van der Waals surface area contributed by atoms with E-state index in [1.54, 1.807) is 6.92 Å². The van der Waals surface area contributed by atoms with E-state index in [1.165, 1.54) is 11.8 Å². The van der Waals surface area contributed by atoms with Crippen LogP contribution >= 0.6 is 11.8 Å². The van der Waals surface area contributed by atoms with E-state index < -0.39 is 5.97 Å². The Bertz CT molecular complexity index is 1480. The van der Waals surface area contributed by atoms with E-state index in [0.717, 1.165) is 54.1 Å². The molecule has 1 amide bonds. The van der Waals surface area contributed by atoms with Crippen LogP contribution in [0.2, 0.25) is 0 Å². The van der Waals surface area contributed by atoms with Gasteiger partial charge in [-0.1, -0.05) is 67.9 Å². The smallest absolute Gasteiger partial charge is 0.344 e. The first-order chi connectivity index (χ1) is 19.0. The van der Waals surface area contributed by atoms with Crippen molar-refractivity contribution in [2.75, 3.05) is 6.61 Å². The highest BCUT2D eigenvalue weighted by Crippen LogP contribution is 2.41. The SMILES string of the molecule is CCOC(=O)C1=C(O)/C(=C/c2cn(CC(=O)NC3CCCC3)c3c(CC)cccc23)SC1=Nc1ccccc1. The van der Waals surface area contributed by atoms with Crippen molar-refractivity contribution in [2.24, 2.45) is 4.99 Å². The van der Waals surface area contributed by atoms with Gasteiger partial charge < -0.3 is 19.7 Å². The highest BCUT2D eigenvalue weighted by Gasteiger charge is 2.33. The zero-order valence-electron chi connectivity index (χ0n) is 22.3. The first-order valence-corrected chi connectivity index (χ1v) is 14.3. The third-order valence-electron chi connectivity index (χ3n) is 7.07. The molecule has 0 saturated heterocycles. The van der Waals surface area contributed by atoms with Crippen molar-refractivity contribution in [3.05, 3.63) is 82.1 Å². The molecule has 0 radical (unpaired) electrons. The average molecular weight is 544 g/mol. The van der Waals surface area contributed by atoms with Gasteiger partial charge in [0.05, 0.1) is 22.7 Å². The summed E-state index contributed by atoms with van der Waals surface area (Å²) in [5.74, 6) is -0.761. The number of aliphatic imine (C=N–C) groups is 1. The maximum Gasteiger partial charge on any atom is 0.344 e. The first-order valence-electron chi connectivity index (χ1n) is 13.5. The monoisotopic (exact) mass is 543 g/mol. The number of carbonyl (C=O) groups is 2. The zero-order chi connectivity index (χ0) is 27.4. The minimum atomic E-state index is -0.611. The molecule has 0 spiro atoms. The summed E-state index contributed by atoms with van der Waals surface area (Å²) in [5.41, 5.74) is 3.73. The van der Waals surface area contributed by atoms with Crippen LogP contribution in [-0.2, 0) is 27.3 Å². The molecular formula is C31H33N3O4S. The van der Waals surface area contributed by atoms with Gasteiger partial charge in [0, 0.05) is 23.2 Å². The Hall–Kier alpha value is -3.78. The standard InChI is InChI=1S/C31H33N3O4S/c1-3-20-11-10-16-24-21(18-34(28(20)24)19-26(35)32-22-14-8-9-15-22)17-25-29(36)27(31(37)38-4-2)30(39-25)33-23-12-6-5-7-13-23/h5-7,10-13,16-18,22,36H,3-4,8-9,14-15,19H2,1-2H3,(H,32,35)/b25-17-,33-30?. The minimum absolute atomic E-state index is 0.00349. The number of aliphatic hydroxyl groups is 1. The maximum atomic E-state index is 12.9. The summed E-state index contributed by atoms with van der Waals surface area (Å²) in [6.07, 6.45) is 9.03. The zero-order valence-corrected chi connectivity index (χ0v) is 23.1. The predicted octanol–water partition coefficient (Wildman–Crippen LogP) is 6.46. The fourth-order valence-corrected chi connectivity index (χ4v) is 6.27. The van der Waals surface area contributed by atoms with Crippen molar-refractivity contribution in [1.82, 2.24) is 9.88 Å². The van der Waals surface area contributed by atoms with Crippen molar-refractivity contribution in [3.63, 3.8) is 0 Å². The fourth-order valence-electron chi connectivity index (χ4n) is 5.24. The summed E-state index contributed by atoms with van der Waals surface area (Å²) in [4.78, 5) is 30.9. The number of fused-ring (bicyclic) bond motifs is 1. The van der Waals surface area contributed by atoms with Gasteiger partial charge in [0.15, 0.2) is 0 Å². The van der Waals surface area contributed by atoms with Gasteiger partial charge in [-0.3, -0.25) is 4.79 Å². The van der Waals surface area contributed by atoms with Crippen LogP contribution in [0.3, 0.4) is 0 Å². The quantitative estimate of drug-likeness (QED) is 0.318. The van der Waals surface area contributed by atoms with E-state index in [1.807, 2.05) is 59.3 Å². The molecule has 5 rings (SSSR count). The lowest BCUT2D eigenvalue weighted by molar-refractivity contribution is -0.138. The highest BCUT2D eigenvalue weighted by atomic mass is 32.2. The molecule has 2 N–H and O–H groups in total. The topological polar surface area (TPSA) is 92.9 Å². The predicted molar refractivity (Wildman–Crippen MR) is 157 cm³/mol. The van der Waals surface area contributed by atoms with Gasteiger partial charge >= 0.3 is 5.97 Å². The van der Waals surface area contributed by atoms with Gasteiger partial charge in [-0.25, -0.2) is 9.79 Å². The molecule has 7 nitrogen and oxygen atoms in total. The number of amides is 1. The summed E-state index contributed by atoms with van der Waals surface area (Å²) >= 11 is 1.23. The number of nitrogens with one attached hydrogen (secondary N) is 1. The number of para-hydroxylation sites is 2. The van der Waals surface area contributed by atoms with Crippen LogP contribution in [0.5, 0.6) is 0 Å². The van der Waals surface area contributed by atoms with Gasteiger partial charge in [0.2, 0.25) is 5.91 Å². The van der Waals surface area contributed by atoms with E-state index >= 15 is 0 Å². The molecule has 2 aliphatic rings. The molecule has 0 atom stereocenters. The molecule has 1 aliphatic carbocycles. The van der Waals surface area contributed by atoms with Crippen LogP contribution < -0.4 is 5.32 Å². The third kappa shape index (κ3) is 5.81. The molecule has 0 unspecified atom stereocenters. The van der Waals surface area contributed by atoms with Crippen LogP contribution in [0.25, 0.3) is 17.0 Å². The summed E-state index contributed by atoms with van der Waals surface area (Å²) in [5, 5.41) is 15.7. The number of aromatic nitrogens is 1.